The zero-order valence-electron chi connectivity index (χ0n) is 7.68. The molecule has 1 aromatic rings. The van der Waals surface area contributed by atoms with E-state index in [1.54, 1.807) is 0 Å². The van der Waals surface area contributed by atoms with Crippen molar-refractivity contribution in [2.24, 2.45) is 0 Å². The second kappa shape index (κ2) is 5.10. The third-order valence-electron chi connectivity index (χ3n) is 2.34. The summed E-state index contributed by atoms with van der Waals surface area (Å²) < 4.78 is 1.41. The van der Waals surface area contributed by atoms with Gasteiger partial charge >= 0.3 is 19.3 Å². The van der Waals surface area contributed by atoms with Crippen LogP contribution in [-0.2, 0) is 0 Å². The Morgan fingerprint density at radius 2 is 2.08 bits per heavy atom. The quantitative estimate of drug-likeness (QED) is 0.647. The third kappa shape index (κ3) is 2.38. The highest BCUT2D eigenvalue weighted by Gasteiger charge is 2.07. The number of rotatable bonds is 3. The molecule has 1 atom stereocenters. The number of hydrogen-bond acceptors (Lipinski definition) is 0. The van der Waals surface area contributed by atoms with E-state index in [1.165, 1.54) is 15.7 Å². The van der Waals surface area contributed by atoms with Gasteiger partial charge in [-0.1, -0.05) is 43.7 Å². The molecule has 1 aromatic carbocycles. The Morgan fingerprint density at radius 3 is 2.67 bits per heavy atom. The normalized spacial score (nSPS) is 12.2. The molecular formula is C10H13ClMg. The van der Waals surface area contributed by atoms with E-state index in [0.717, 1.165) is 0 Å². The Morgan fingerprint density at radius 1 is 1.42 bits per heavy atom. The molecule has 1 unspecified atom stereocenters. The summed E-state index contributed by atoms with van der Waals surface area (Å²) >= 11 is -0.518. The van der Waals surface area contributed by atoms with Gasteiger partial charge in [0.05, 0.1) is 0 Å². The van der Waals surface area contributed by atoms with Crippen LogP contribution in [-0.4, -0.2) is 19.3 Å². The summed E-state index contributed by atoms with van der Waals surface area (Å²) in [6.45, 7) is 4.48. The van der Waals surface area contributed by atoms with Crippen LogP contribution in [0.5, 0.6) is 0 Å². The van der Waals surface area contributed by atoms with Crippen LogP contribution in [0.4, 0.5) is 0 Å². The van der Waals surface area contributed by atoms with E-state index < -0.39 is 19.3 Å². The molecule has 0 N–H and O–H groups in total. The molecule has 0 bridgehead atoms. The van der Waals surface area contributed by atoms with Crippen molar-refractivity contribution in [1.82, 2.24) is 0 Å². The Bertz CT molecular complexity index is 247. The minimum atomic E-state index is -0.518. The smallest absolute Gasteiger partial charge is 0.336 e. The van der Waals surface area contributed by atoms with Gasteiger partial charge in [-0.3, -0.25) is 0 Å². The van der Waals surface area contributed by atoms with E-state index in [4.69, 9.17) is 9.07 Å². The Balaban J connectivity index is 2.96. The van der Waals surface area contributed by atoms with E-state index in [9.17, 15) is 0 Å². The van der Waals surface area contributed by atoms with E-state index in [-0.39, 0.29) is 0 Å². The first-order valence-corrected chi connectivity index (χ1v) is 7.27. The summed E-state index contributed by atoms with van der Waals surface area (Å²) in [5.41, 5.74) is 1.46. The molecule has 0 radical (unpaired) electrons. The highest BCUT2D eigenvalue weighted by atomic mass is 35.5. The molecule has 0 heterocycles. The van der Waals surface area contributed by atoms with Crippen molar-refractivity contribution in [1.29, 1.82) is 0 Å². The van der Waals surface area contributed by atoms with Crippen LogP contribution in [0, 0.1) is 0 Å². The van der Waals surface area contributed by atoms with Crippen molar-refractivity contribution in [3.8, 4) is 0 Å². The largest absolute Gasteiger partial charge is 0.538 e. The molecule has 1 rings (SSSR count). The van der Waals surface area contributed by atoms with Gasteiger partial charge in [-0.05, 0) is 12.3 Å². The summed E-state index contributed by atoms with van der Waals surface area (Å²) in [6, 6.07) is 8.56. The van der Waals surface area contributed by atoms with Crippen LogP contribution in [0.1, 0.15) is 31.7 Å². The molecule has 0 aliphatic rings. The fourth-order valence-electron chi connectivity index (χ4n) is 1.36. The first-order valence-electron chi connectivity index (χ1n) is 4.43. The van der Waals surface area contributed by atoms with Gasteiger partial charge in [0.25, 0.3) is 0 Å². The Hall–Kier alpha value is 0.276. The van der Waals surface area contributed by atoms with Crippen LogP contribution in [0.25, 0.3) is 0 Å². The zero-order chi connectivity index (χ0) is 8.97. The summed E-state index contributed by atoms with van der Waals surface area (Å²) in [4.78, 5) is 0. The Kier molecular flexibility index (Phi) is 4.40. The Labute approximate surface area is 87.8 Å². The molecule has 0 nitrogen and oxygen atoms in total. The van der Waals surface area contributed by atoms with Gasteiger partial charge < -0.3 is 9.07 Å². The van der Waals surface area contributed by atoms with Gasteiger partial charge in [-0.25, -0.2) is 0 Å². The monoisotopic (exact) mass is 192 g/mol. The molecule has 0 aromatic heterocycles. The minimum Gasteiger partial charge on any atom is -0.336 e. The molecule has 0 aliphatic carbocycles. The fourth-order valence-corrected chi connectivity index (χ4v) is 2.93. The molecule has 12 heavy (non-hydrogen) atoms. The second-order valence-corrected chi connectivity index (χ2v) is 4.97. The lowest BCUT2D eigenvalue weighted by Gasteiger charge is -2.13. The van der Waals surface area contributed by atoms with Gasteiger partial charge in [0.1, 0.15) is 0 Å². The van der Waals surface area contributed by atoms with Gasteiger partial charge in [0.15, 0.2) is 0 Å². The number of benzene rings is 1. The lowest BCUT2D eigenvalue weighted by atomic mass is 9.99. The summed E-state index contributed by atoms with van der Waals surface area (Å²) in [5.74, 6) is 0.660. The van der Waals surface area contributed by atoms with Crippen molar-refractivity contribution in [2.45, 2.75) is 26.2 Å². The van der Waals surface area contributed by atoms with Crippen LogP contribution in [0.3, 0.4) is 0 Å². The number of halogens is 1. The maximum absolute atomic E-state index is 5.97. The SMILES string of the molecule is CCC(C)c1cccc[c]1[Mg][Cl]. The highest BCUT2D eigenvalue weighted by Crippen LogP contribution is 2.15. The van der Waals surface area contributed by atoms with Crippen LogP contribution < -0.4 is 3.69 Å². The lowest BCUT2D eigenvalue weighted by Crippen LogP contribution is -2.16. The fraction of sp³-hybridized carbons (Fsp3) is 0.400. The molecule has 0 spiro atoms. The second-order valence-electron chi connectivity index (χ2n) is 3.14. The average molecular weight is 193 g/mol. The maximum atomic E-state index is 5.97. The molecule has 0 saturated carbocycles. The van der Waals surface area contributed by atoms with Crippen LogP contribution in [0.15, 0.2) is 24.3 Å². The summed E-state index contributed by atoms with van der Waals surface area (Å²) in [6.07, 6.45) is 1.20. The third-order valence-corrected chi connectivity index (χ3v) is 4.14. The van der Waals surface area contributed by atoms with Crippen molar-refractivity contribution in [3.05, 3.63) is 29.8 Å². The summed E-state index contributed by atoms with van der Waals surface area (Å²) in [7, 11) is 5.97. The molecule has 0 saturated heterocycles. The van der Waals surface area contributed by atoms with Crippen LogP contribution >= 0.6 is 9.07 Å². The van der Waals surface area contributed by atoms with Gasteiger partial charge in [-0.15, -0.1) is 3.69 Å². The topological polar surface area (TPSA) is 0 Å². The highest BCUT2D eigenvalue weighted by molar-refractivity contribution is 7.01. The minimum absolute atomic E-state index is 0.518. The molecule has 0 fully saturated rings. The maximum Gasteiger partial charge on any atom is 0.538 e. The predicted molar refractivity (Wildman–Crippen MR) is 56.4 cm³/mol. The standard InChI is InChI=1S/C10H13.ClH.Mg/c1-3-9(2)10-7-5-4-6-8-10;;/h4-7,9H,3H2,1-2H3;1H;/q;;+1/p-1. The molecular weight excluding hydrogens is 180 g/mol. The van der Waals surface area contributed by atoms with Gasteiger partial charge in [-0.2, -0.15) is 0 Å². The van der Waals surface area contributed by atoms with Gasteiger partial charge in [0.2, 0.25) is 0 Å². The zero-order valence-corrected chi connectivity index (χ0v) is 9.85. The van der Waals surface area contributed by atoms with E-state index in [0.29, 0.717) is 5.92 Å². The van der Waals surface area contributed by atoms with Crippen molar-refractivity contribution < 1.29 is 0 Å². The van der Waals surface area contributed by atoms with Crippen LogP contribution in [0.2, 0.25) is 0 Å². The van der Waals surface area contributed by atoms with Gasteiger partial charge in [0, 0.05) is 0 Å². The van der Waals surface area contributed by atoms with E-state index in [2.05, 4.69) is 38.1 Å². The van der Waals surface area contributed by atoms with E-state index in [1.807, 2.05) is 0 Å². The first kappa shape index (κ1) is 10.4. The average Bonchev–Trinajstić information content (AvgIpc) is 2.16. The molecule has 0 amide bonds. The van der Waals surface area contributed by atoms with Crippen molar-refractivity contribution in [3.63, 3.8) is 0 Å². The summed E-state index contributed by atoms with van der Waals surface area (Å²) in [5, 5.41) is 0. The molecule has 0 aliphatic heterocycles. The first-order chi connectivity index (χ1) is 5.79. The van der Waals surface area contributed by atoms with E-state index >= 15 is 0 Å². The predicted octanol–water partition coefficient (Wildman–Crippen LogP) is 2.68. The number of hydrogen-bond donors (Lipinski definition) is 0. The lowest BCUT2D eigenvalue weighted by molar-refractivity contribution is 0.738. The van der Waals surface area contributed by atoms with Crippen molar-refractivity contribution >= 4 is 32.0 Å². The molecule has 62 valence electrons. The van der Waals surface area contributed by atoms with Crippen molar-refractivity contribution in [2.75, 3.05) is 0 Å². The molecule has 2 heteroatoms.